The lowest BCUT2D eigenvalue weighted by Crippen LogP contribution is -2.29. The van der Waals surface area contributed by atoms with Crippen LogP contribution < -0.4 is 5.32 Å². The van der Waals surface area contributed by atoms with E-state index in [0.717, 1.165) is 43.2 Å². The highest BCUT2D eigenvalue weighted by molar-refractivity contribution is 5.91. The Morgan fingerprint density at radius 1 is 1.32 bits per heavy atom. The molecule has 2 aromatic rings. The Bertz CT molecular complexity index is 713. The highest BCUT2D eigenvalue weighted by Gasteiger charge is 2.19. The van der Waals surface area contributed by atoms with E-state index in [2.05, 4.69) is 15.3 Å². The van der Waals surface area contributed by atoms with Gasteiger partial charge >= 0.3 is 0 Å². The van der Waals surface area contributed by atoms with Gasteiger partial charge in [-0.2, -0.15) is 5.10 Å². The van der Waals surface area contributed by atoms with Gasteiger partial charge in [0.2, 0.25) is 0 Å². The minimum atomic E-state index is -0.180. The second-order valence-corrected chi connectivity index (χ2v) is 6.82. The average Bonchev–Trinajstić information content (AvgIpc) is 3.22. The van der Waals surface area contributed by atoms with Crippen LogP contribution in [0.1, 0.15) is 66.7 Å². The van der Waals surface area contributed by atoms with Crippen LogP contribution in [0.3, 0.4) is 0 Å². The van der Waals surface area contributed by atoms with Crippen LogP contribution in [0.5, 0.6) is 0 Å². The molecule has 0 saturated carbocycles. The number of amides is 1. The summed E-state index contributed by atoms with van der Waals surface area (Å²) in [4.78, 5) is 14.9. The van der Waals surface area contributed by atoms with Gasteiger partial charge in [0.15, 0.2) is 5.76 Å². The summed E-state index contributed by atoms with van der Waals surface area (Å²) < 4.78 is 7.65. The van der Waals surface area contributed by atoms with Crippen molar-refractivity contribution in [1.82, 2.24) is 20.0 Å². The van der Waals surface area contributed by atoms with Crippen LogP contribution in [-0.4, -0.2) is 33.7 Å². The van der Waals surface area contributed by atoms with Crippen LogP contribution in [0.15, 0.2) is 22.7 Å². The third-order valence-electron chi connectivity index (χ3n) is 4.84. The molecule has 0 bridgehead atoms. The Labute approximate surface area is 149 Å². The van der Waals surface area contributed by atoms with Crippen molar-refractivity contribution < 1.29 is 9.21 Å². The first-order chi connectivity index (χ1) is 12.1. The first-order valence-corrected chi connectivity index (χ1v) is 9.22. The van der Waals surface area contributed by atoms with Gasteiger partial charge in [-0.15, -0.1) is 0 Å². The number of aromatic nitrogens is 2. The molecule has 136 valence electrons. The lowest BCUT2D eigenvalue weighted by Gasteiger charge is -2.25. The number of furan rings is 1. The third-order valence-corrected chi connectivity index (χ3v) is 4.84. The molecule has 1 unspecified atom stereocenters. The van der Waals surface area contributed by atoms with Crippen molar-refractivity contribution in [3.8, 4) is 0 Å². The van der Waals surface area contributed by atoms with E-state index < -0.39 is 0 Å². The van der Waals surface area contributed by atoms with Gasteiger partial charge in [-0.05, 0) is 58.8 Å². The number of hydrogen-bond acceptors (Lipinski definition) is 4. The molecular formula is C19H28N4O2. The summed E-state index contributed by atoms with van der Waals surface area (Å²) in [6.45, 7) is 9.81. The molecule has 0 aliphatic carbocycles. The molecule has 1 aliphatic heterocycles. The van der Waals surface area contributed by atoms with Crippen LogP contribution in [0.4, 0.5) is 0 Å². The van der Waals surface area contributed by atoms with E-state index in [1.165, 1.54) is 19.3 Å². The van der Waals surface area contributed by atoms with Gasteiger partial charge < -0.3 is 9.73 Å². The molecule has 6 heteroatoms. The molecule has 6 nitrogen and oxygen atoms in total. The lowest BCUT2D eigenvalue weighted by atomic mass is 10.1. The molecule has 1 fully saturated rings. The first-order valence-electron chi connectivity index (χ1n) is 9.22. The molecule has 0 spiro atoms. The topological polar surface area (TPSA) is 63.3 Å². The maximum absolute atomic E-state index is 12.5. The fourth-order valence-electron chi connectivity index (χ4n) is 3.39. The molecule has 1 saturated heterocycles. The number of nitrogens with one attached hydrogen (secondary N) is 1. The van der Waals surface area contributed by atoms with Crippen molar-refractivity contribution in [2.24, 2.45) is 0 Å². The quantitative estimate of drug-likeness (QED) is 0.873. The Balaban J connectivity index is 1.60. The predicted octanol–water partition coefficient (Wildman–Crippen LogP) is 3.28. The van der Waals surface area contributed by atoms with Crippen molar-refractivity contribution in [1.29, 1.82) is 0 Å². The molecule has 1 amide bonds. The molecule has 1 aliphatic rings. The second-order valence-electron chi connectivity index (χ2n) is 6.82. The second kappa shape index (κ2) is 7.87. The molecule has 3 rings (SSSR count). The summed E-state index contributed by atoms with van der Waals surface area (Å²) in [5.74, 6) is 1.05. The molecule has 1 N–H and O–H groups in total. The highest BCUT2D eigenvalue weighted by Crippen LogP contribution is 2.18. The Kier molecular flexibility index (Phi) is 5.58. The van der Waals surface area contributed by atoms with E-state index in [9.17, 15) is 4.79 Å². The SMILES string of the molecule is CCn1cc(C(C)NC(=O)c2ccc(CN3CCCCC3)o2)c(C)n1. The molecule has 1 atom stereocenters. The van der Waals surface area contributed by atoms with Crippen molar-refractivity contribution in [2.45, 2.75) is 59.2 Å². The number of rotatable bonds is 6. The fraction of sp³-hybridized carbons (Fsp3) is 0.579. The molecule has 3 heterocycles. The summed E-state index contributed by atoms with van der Waals surface area (Å²) in [7, 11) is 0. The Morgan fingerprint density at radius 3 is 2.76 bits per heavy atom. The van der Waals surface area contributed by atoms with Crippen molar-refractivity contribution in [3.05, 3.63) is 41.1 Å². The van der Waals surface area contributed by atoms with E-state index in [0.29, 0.717) is 5.76 Å². The first kappa shape index (κ1) is 17.7. The van der Waals surface area contributed by atoms with Gasteiger partial charge in [-0.25, -0.2) is 0 Å². The number of likely N-dealkylation sites (tertiary alicyclic amines) is 1. The minimum absolute atomic E-state index is 0.108. The third kappa shape index (κ3) is 4.31. The Morgan fingerprint density at radius 2 is 2.08 bits per heavy atom. The summed E-state index contributed by atoms with van der Waals surface area (Å²) in [6, 6.07) is 3.57. The largest absolute Gasteiger partial charge is 0.455 e. The van der Waals surface area contributed by atoms with Crippen molar-refractivity contribution in [3.63, 3.8) is 0 Å². The van der Waals surface area contributed by atoms with Gasteiger partial charge in [-0.1, -0.05) is 6.42 Å². The molecule has 2 aromatic heterocycles. The van der Waals surface area contributed by atoms with Gasteiger partial charge in [-0.3, -0.25) is 14.4 Å². The minimum Gasteiger partial charge on any atom is -0.455 e. The zero-order chi connectivity index (χ0) is 17.8. The van der Waals surface area contributed by atoms with Crippen LogP contribution in [0, 0.1) is 6.92 Å². The standard InChI is InChI=1S/C19H28N4O2/c1-4-23-13-17(15(3)21-23)14(2)20-19(24)18-9-8-16(25-18)12-22-10-6-5-7-11-22/h8-9,13-14H,4-7,10-12H2,1-3H3,(H,20,24). The smallest absolute Gasteiger partial charge is 0.287 e. The number of aryl methyl sites for hydroxylation is 2. The van der Waals surface area contributed by atoms with Crippen LogP contribution >= 0.6 is 0 Å². The molecule has 25 heavy (non-hydrogen) atoms. The lowest BCUT2D eigenvalue weighted by molar-refractivity contribution is 0.0907. The number of piperidine rings is 1. The number of hydrogen-bond donors (Lipinski definition) is 1. The summed E-state index contributed by atoms with van der Waals surface area (Å²) in [5.41, 5.74) is 1.98. The number of carbonyl (C=O) groups excluding carboxylic acids is 1. The van der Waals surface area contributed by atoms with E-state index in [1.807, 2.05) is 37.7 Å². The maximum Gasteiger partial charge on any atom is 0.287 e. The summed E-state index contributed by atoms with van der Waals surface area (Å²) in [5, 5.41) is 7.44. The molecule has 0 radical (unpaired) electrons. The number of carbonyl (C=O) groups is 1. The monoisotopic (exact) mass is 344 g/mol. The normalized spacial score (nSPS) is 16.8. The van der Waals surface area contributed by atoms with Crippen LogP contribution in [0.2, 0.25) is 0 Å². The Hall–Kier alpha value is -2.08. The predicted molar refractivity (Wildman–Crippen MR) is 96.4 cm³/mol. The van der Waals surface area contributed by atoms with E-state index >= 15 is 0 Å². The zero-order valence-corrected chi connectivity index (χ0v) is 15.4. The molecule has 0 aromatic carbocycles. The zero-order valence-electron chi connectivity index (χ0n) is 15.4. The van der Waals surface area contributed by atoms with E-state index in [-0.39, 0.29) is 11.9 Å². The number of nitrogens with zero attached hydrogens (tertiary/aromatic N) is 3. The van der Waals surface area contributed by atoms with E-state index in [1.54, 1.807) is 6.07 Å². The molecular weight excluding hydrogens is 316 g/mol. The van der Waals surface area contributed by atoms with Gasteiger partial charge in [0.05, 0.1) is 18.3 Å². The van der Waals surface area contributed by atoms with Crippen molar-refractivity contribution in [2.75, 3.05) is 13.1 Å². The summed E-state index contributed by atoms with van der Waals surface area (Å²) in [6.07, 6.45) is 5.80. The van der Waals surface area contributed by atoms with Crippen LogP contribution in [-0.2, 0) is 13.1 Å². The average molecular weight is 344 g/mol. The van der Waals surface area contributed by atoms with Crippen LogP contribution in [0.25, 0.3) is 0 Å². The maximum atomic E-state index is 12.5. The van der Waals surface area contributed by atoms with Gasteiger partial charge in [0.25, 0.3) is 5.91 Å². The van der Waals surface area contributed by atoms with E-state index in [4.69, 9.17) is 4.42 Å². The highest BCUT2D eigenvalue weighted by atomic mass is 16.4. The van der Waals surface area contributed by atoms with Gasteiger partial charge in [0, 0.05) is 18.3 Å². The van der Waals surface area contributed by atoms with Crippen molar-refractivity contribution >= 4 is 5.91 Å². The summed E-state index contributed by atoms with van der Waals surface area (Å²) >= 11 is 0. The van der Waals surface area contributed by atoms with Gasteiger partial charge in [0.1, 0.15) is 5.76 Å². The fourth-order valence-corrected chi connectivity index (χ4v) is 3.39.